The zero-order valence-electron chi connectivity index (χ0n) is 14.9. The van der Waals surface area contributed by atoms with Crippen molar-refractivity contribution in [2.45, 2.75) is 38.8 Å². The van der Waals surface area contributed by atoms with Crippen molar-refractivity contribution >= 4 is 16.9 Å². The third kappa shape index (κ3) is 2.02. The summed E-state index contributed by atoms with van der Waals surface area (Å²) in [5, 5.41) is 14.6. The largest absolute Gasteiger partial charge is 0.477 e. The highest BCUT2D eigenvalue weighted by molar-refractivity contribution is 5.94. The number of pyridine rings is 1. The summed E-state index contributed by atoms with van der Waals surface area (Å²) in [6.45, 7) is 4.27. The van der Waals surface area contributed by atoms with Gasteiger partial charge in [0.1, 0.15) is 11.1 Å². The smallest absolute Gasteiger partial charge is 0.341 e. The summed E-state index contributed by atoms with van der Waals surface area (Å²) >= 11 is 0. The normalized spacial score (nSPS) is 22.3. The van der Waals surface area contributed by atoms with Gasteiger partial charge in [-0.15, -0.1) is 0 Å². The fourth-order valence-corrected chi connectivity index (χ4v) is 4.88. The van der Waals surface area contributed by atoms with Crippen LogP contribution in [0.25, 0.3) is 22.3 Å². The number of nitrogens with zero attached hydrogens (tertiary/aromatic N) is 3. The molecule has 0 amide bonds. The van der Waals surface area contributed by atoms with Crippen molar-refractivity contribution in [3.05, 3.63) is 52.1 Å². The summed E-state index contributed by atoms with van der Waals surface area (Å²) in [5.41, 5.74) is 0.633. The van der Waals surface area contributed by atoms with Crippen molar-refractivity contribution in [2.24, 2.45) is 5.41 Å². The molecular formula is C20H18FN3O3. The average Bonchev–Trinajstić information content (AvgIpc) is 3.13. The molecule has 0 unspecified atom stereocenters. The fourth-order valence-electron chi connectivity index (χ4n) is 4.88. The van der Waals surface area contributed by atoms with Gasteiger partial charge in [0, 0.05) is 17.6 Å². The first kappa shape index (κ1) is 16.2. The number of carbonyl (C=O) groups is 1. The Morgan fingerprint density at radius 2 is 2.15 bits per heavy atom. The van der Waals surface area contributed by atoms with Crippen LogP contribution in [0.5, 0.6) is 0 Å². The molecule has 1 aromatic carbocycles. The third-order valence-corrected chi connectivity index (χ3v) is 6.09. The molecule has 2 aromatic heterocycles. The summed E-state index contributed by atoms with van der Waals surface area (Å²) in [5.74, 6) is -1.64. The lowest BCUT2D eigenvalue weighted by Crippen LogP contribution is -2.35. The van der Waals surface area contributed by atoms with Crippen LogP contribution in [0, 0.1) is 11.2 Å². The van der Waals surface area contributed by atoms with Crippen LogP contribution >= 0.6 is 0 Å². The molecule has 7 heteroatoms. The van der Waals surface area contributed by atoms with E-state index < -0.39 is 17.2 Å². The van der Waals surface area contributed by atoms with Crippen LogP contribution in [0.3, 0.4) is 0 Å². The molecule has 1 aliphatic carbocycles. The van der Waals surface area contributed by atoms with Gasteiger partial charge in [-0.1, -0.05) is 26.0 Å². The van der Waals surface area contributed by atoms with E-state index in [0.29, 0.717) is 16.8 Å². The van der Waals surface area contributed by atoms with E-state index in [1.54, 1.807) is 12.1 Å². The van der Waals surface area contributed by atoms with E-state index in [1.807, 2.05) is 9.25 Å². The van der Waals surface area contributed by atoms with Crippen molar-refractivity contribution < 1.29 is 14.3 Å². The minimum absolute atomic E-state index is 0.0153. The van der Waals surface area contributed by atoms with Gasteiger partial charge in [0.2, 0.25) is 0 Å². The summed E-state index contributed by atoms with van der Waals surface area (Å²) in [7, 11) is 0. The van der Waals surface area contributed by atoms with E-state index in [-0.39, 0.29) is 28.6 Å². The molecule has 0 bridgehead atoms. The standard InChI is InChI=1S/C20H18FN3O3/c1-20(2)7-6-13-18(20)23-9-11(19(26)27)15(25)8-14(23)17-10-4-3-5-12(21)16(10)22-24(13)17/h3-5,8-9,13,18H,6-7H2,1-2H3,(H,26,27)/t13-,18-/m1/s1. The van der Waals surface area contributed by atoms with E-state index >= 15 is 0 Å². The fraction of sp³-hybridized carbons (Fsp3) is 0.350. The predicted molar refractivity (Wildman–Crippen MR) is 97.4 cm³/mol. The summed E-state index contributed by atoms with van der Waals surface area (Å²) in [6.07, 6.45) is 3.23. The van der Waals surface area contributed by atoms with Crippen molar-refractivity contribution in [2.75, 3.05) is 0 Å². The second kappa shape index (κ2) is 5.06. The van der Waals surface area contributed by atoms with Crippen LogP contribution in [0.2, 0.25) is 0 Å². The van der Waals surface area contributed by atoms with Gasteiger partial charge in [0.25, 0.3) is 0 Å². The topological polar surface area (TPSA) is 77.1 Å². The molecule has 1 fully saturated rings. The van der Waals surface area contributed by atoms with Gasteiger partial charge in [0.05, 0.1) is 23.5 Å². The van der Waals surface area contributed by atoms with Crippen LogP contribution in [-0.4, -0.2) is 25.4 Å². The number of hydrogen-bond acceptors (Lipinski definition) is 3. The first-order valence-corrected chi connectivity index (χ1v) is 8.96. The molecule has 0 radical (unpaired) electrons. The highest BCUT2D eigenvalue weighted by Crippen LogP contribution is 2.56. The molecule has 1 saturated carbocycles. The number of benzene rings is 1. The first-order chi connectivity index (χ1) is 12.8. The maximum absolute atomic E-state index is 14.4. The Labute approximate surface area is 153 Å². The molecule has 6 nitrogen and oxygen atoms in total. The Morgan fingerprint density at radius 1 is 1.37 bits per heavy atom. The van der Waals surface area contributed by atoms with Crippen molar-refractivity contribution in [1.29, 1.82) is 0 Å². The van der Waals surface area contributed by atoms with Crippen molar-refractivity contribution in [3.8, 4) is 11.4 Å². The third-order valence-electron chi connectivity index (χ3n) is 6.09. The number of aromatic nitrogens is 3. The highest BCUT2D eigenvalue weighted by atomic mass is 19.1. The molecule has 2 aliphatic rings. The second-order valence-electron chi connectivity index (χ2n) is 8.12. The van der Waals surface area contributed by atoms with E-state index in [9.17, 15) is 19.1 Å². The Hall–Kier alpha value is -2.96. The lowest BCUT2D eigenvalue weighted by Gasteiger charge is -2.39. The number of halogens is 1. The minimum Gasteiger partial charge on any atom is -0.477 e. The SMILES string of the molecule is CC1(C)CC[C@@H]2[C@H]1n1cc(C(=O)O)c(=O)cc1-c1c3cccc(F)c3nn12. The van der Waals surface area contributed by atoms with E-state index in [2.05, 4.69) is 18.9 Å². The zero-order valence-corrected chi connectivity index (χ0v) is 14.9. The van der Waals surface area contributed by atoms with Crippen molar-refractivity contribution in [1.82, 2.24) is 14.3 Å². The van der Waals surface area contributed by atoms with Gasteiger partial charge in [0.15, 0.2) is 11.2 Å². The monoisotopic (exact) mass is 367 g/mol. The molecule has 138 valence electrons. The van der Waals surface area contributed by atoms with Gasteiger partial charge in [-0.25, -0.2) is 9.18 Å². The summed E-state index contributed by atoms with van der Waals surface area (Å²) in [4.78, 5) is 24.0. The Kier molecular flexibility index (Phi) is 3.04. The molecule has 3 aromatic rings. The Bertz CT molecular complexity index is 1190. The molecular weight excluding hydrogens is 349 g/mol. The van der Waals surface area contributed by atoms with E-state index in [0.717, 1.165) is 12.8 Å². The van der Waals surface area contributed by atoms with Gasteiger partial charge >= 0.3 is 5.97 Å². The van der Waals surface area contributed by atoms with E-state index in [1.165, 1.54) is 18.3 Å². The van der Waals surface area contributed by atoms with Gasteiger partial charge in [-0.2, -0.15) is 5.10 Å². The maximum atomic E-state index is 14.4. The second-order valence-corrected chi connectivity index (χ2v) is 8.12. The van der Waals surface area contributed by atoms with Gasteiger partial charge in [-0.05, 0) is 24.3 Å². The van der Waals surface area contributed by atoms with Crippen LogP contribution in [-0.2, 0) is 0 Å². The van der Waals surface area contributed by atoms with Crippen LogP contribution in [0.15, 0.2) is 35.3 Å². The summed E-state index contributed by atoms with van der Waals surface area (Å²) < 4.78 is 18.1. The predicted octanol–water partition coefficient (Wildman–Crippen LogP) is 3.62. The molecule has 2 atom stereocenters. The molecule has 1 N–H and O–H groups in total. The number of fused-ring (bicyclic) bond motifs is 8. The molecule has 0 spiro atoms. The number of aromatic carboxylic acids is 1. The highest BCUT2D eigenvalue weighted by Gasteiger charge is 2.48. The molecule has 3 heterocycles. The summed E-state index contributed by atoms with van der Waals surface area (Å²) in [6, 6.07) is 6.06. The van der Waals surface area contributed by atoms with Crippen LogP contribution in [0.1, 0.15) is 49.1 Å². The van der Waals surface area contributed by atoms with Crippen molar-refractivity contribution in [3.63, 3.8) is 0 Å². The first-order valence-electron chi connectivity index (χ1n) is 8.96. The Balaban J connectivity index is 1.93. The van der Waals surface area contributed by atoms with Gasteiger partial charge < -0.3 is 9.67 Å². The lowest BCUT2D eigenvalue weighted by molar-refractivity contribution is 0.0693. The Morgan fingerprint density at radius 3 is 2.89 bits per heavy atom. The number of hydrogen-bond donors (Lipinski definition) is 1. The number of carboxylic acid groups (broad SMARTS) is 1. The minimum atomic E-state index is -1.24. The molecule has 5 rings (SSSR count). The quantitative estimate of drug-likeness (QED) is 0.713. The molecule has 1 aliphatic heterocycles. The molecule has 27 heavy (non-hydrogen) atoms. The van der Waals surface area contributed by atoms with E-state index in [4.69, 9.17) is 0 Å². The number of rotatable bonds is 1. The molecule has 0 saturated heterocycles. The van der Waals surface area contributed by atoms with Gasteiger partial charge in [-0.3, -0.25) is 9.48 Å². The lowest BCUT2D eigenvalue weighted by atomic mass is 9.84. The maximum Gasteiger partial charge on any atom is 0.341 e. The zero-order chi connectivity index (χ0) is 19.1. The number of carboxylic acids is 1. The van der Waals surface area contributed by atoms with Crippen LogP contribution < -0.4 is 5.43 Å². The van der Waals surface area contributed by atoms with Crippen LogP contribution in [0.4, 0.5) is 4.39 Å². The average molecular weight is 367 g/mol.